The number of benzene rings is 2. The van der Waals surface area contributed by atoms with Crippen molar-refractivity contribution in [2.45, 2.75) is 25.1 Å². The summed E-state index contributed by atoms with van der Waals surface area (Å²) in [5.74, 6) is -2.04. The molecule has 1 saturated heterocycles. The van der Waals surface area contributed by atoms with Gasteiger partial charge in [-0.1, -0.05) is 17.7 Å². The van der Waals surface area contributed by atoms with Gasteiger partial charge in [0.25, 0.3) is 5.91 Å². The van der Waals surface area contributed by atoms with E-state index in [0.717, 1.165) is 6.07 Å². The molecular formula is C26H26ClF2N5O3. The molecule has 11 heteroatoms. The van der Waals surface area contributed by atoms with Crippen LogP contribution in [-0.2, 0) is 4.79 Å². The van der Waals surface area contributed by atoms with Gasteiger partial charge in [-0.05, 0) is 39.2 Å². The van der Waals surface area contributed by atoms with E-state index in [1.54, 1.807) is 4.90 Å². The lowest BCUT2D eigenvalue weighted by molar-refractivity contribution is -0.121. The molecule has 37 heavy (non-hydrogen) atoms. The highest BCUT2D eigenvalue weighted by Gasteiger charge is 2.47. The fourth-order valence-electron chi connectivity index (χ4n) is 5.64. The minimum Gasteiger partial charge on any atom is -0.507 e. The number of aromatic nitrogens is 1. The quantitative estimate of drug-likeness (QED) is 0.538. The zero-order chi connectivity index (χ0) is 26.2. The maximum atomic E-state index is 16.3. The summed E-state index contributed by atoms with van der Waals surface area (Å²) in [5.41, 5.74) is 0.428. The summed E-state index contributed by atoms with van der Waals surface area (Å²) in [6.07, 6.45) is -0.378. The van der Waals surface area contributed by atoms with Gasteiger partial charge in [0.1, 0.15) is 34.9 Å². The van der Waals surface area contributed by atoms with Gasteiger partial charge in [-0.15, -0.1) is 0 Å². The number of nitrogens with one attached hydrogen (secondary N) is 1. The van der Waals surface area contributed by atoms with Gasteiger partial charge in [-0.2, -0.15) is 0 Å². The number of phenolic OH excluding ortho intramolecular Hbond substituents is 1. The second kappa shape index (κ2) is 8.68. The molecule has 8 nitrogen and oxygen atoms in total. The van der Waals surface area contributed by atoms with Crippen molar-refractivity contribution >= 4 is 39.8 Å². The second-order valence-electron chi connectivity index (χ2n) is 10.1. The van der Waals surface area contributed by atoms with Gasteiger partial charge in [-0.3, -0.25) is 4.79 Å². The standard InChI is InChI=1S/C26H26ClF2N5O3/c1-12-9-33-17(8-30-12)26(36)34-11-13(10-32(2)3)37-25-24(34)23(33)14-7-15(27)19(21(29)22(14)31-25)20-16(28)5-4-6-18(20)35/h4-7,12-13,17,30,35H,8-11H2,1-3H3/t12-,13-,17-/m1/s1. The molecule has 3 aliphatic rings. The number of aromatic hydroxyl groups is 1. The van der Waals surface area contributed by atoms with Crippen LogP contribution in [0.3, 0.4) is 0 Å². The average Bonchev–Trinajstić information content (AvgIpc) is 2.83. The molecule has 6 rings (SSSR count). The Hall–Kier alpha value is -3.21. The number of piperazine rings is 1. The fourth-order valence-corrected chi connectivity index (χ4v) is 5.92. The highest BCUT2D eigenvalue weighted by molar-refractivity contribution is 6.35. The average molecular weight is 530 g/mol. The lowest BCUT2D eigenvalue weighted by Crippen LogP contribution is -2.66. The summed E-state index contributed by atoms with van der Waals surface area (Å²) in [7, 11) is 3.80. The number of fused-ring (bicyclic) bond motifs is 4. The number of nitrogens with zero attached hydrogens (tertiary/aromatic N) is 4. The lowest BCUT2D eigenvalue weighted by atomic mass is 9.95. The van der Waals surface area contributed by atoms with E-state index in [4.69, 9.17) is 16.3 Å². The van der Waals surface area contributed by atoms with Crippen molar-refractivity contribution in [3.8, 4) is 22.8 Å². The molecule has 194 valence electrons. The number of amides is 1. The van der Waals surface area contributed by atoms with E-state index in [9.17, 15) is 14.3 Å². The third-order valence-corrected chi connectivity index (χ3v) is 7.48. The Kier molecular flexibility index (Phi) is 5.66. The molecule has 0 spiro atoms. The van der Waals surface area contributed by atoms with E-state index < -0.39 is 23.4 Å². The highest BCUT2D eigenvalue weighted by atomic mass is 35.5. The van der Waals surface area contributed by atoms with Gasteiger partial charge < -0.3 is 29.9 Å². The van der Waals surface area contributed by atoms with E-state index >= 15 is 4.39 Å². The van der Waals surface area contributed by atoms with Gasteiger partial charge in [0.05, 0.1) is 22.8 Å². The zero-order valence-electron chi connectivity index (χ0n) is 20.6. The van der Waals surface area contributed by atoms with E-state index in [1.165, 1.54) is 18.2 Å². The number of ether oxygens (including phenoxy) is 1. The van der Waals surface area contributed by atoms with Crippen LogP contribution in [-0.4, -0.2) is 79.4 Å². The largest absolute Gasteiger partial charge is 0.507 e. The van der Waals surface area contributed by atoms with Crippen LogP contribution in [0.15, 0.2) is 24.3 Å². The maximum absolute atomic E-state index is 16.3. The molecule has 1 fully saturated rings. The number of rotatable bonds is 3. The lowest BCUT2D eigenvalue weighted by Gasteiger charge is -2.49. The molecule has 0 radical (unpaired) electrons. The molecule has 4 heterocycles. The first kappa shape index (κ1) is 24.1. The van der Waals surface area contributed by atoms with Gasteiger partial charge in [0, 0.05) is 36.6 Å². The van der Waals surface area contributed by atoms with Crippen LogP contribution >= 0.6 is 11.6 Å². The van der Waals surface area contributed by atoms with Crippen LogP contribution in [0.25, 0.3) is 22.0 Å². The number of anilines is 2. The smallest absolute Gasteiger partial charge is 0.251 e. The second-order valence-corrected chi connectivity index (χ2v) is 10.5. The molecule has 0 aliphatic carbocycles. The molecule has 2 N–H and O–H groups in total. The summed E-state index contributed by atoms with van der Waals surface area (Å²) in [6.45, 7) is 3.82. The SMILES string of the molecule is C[C@@H]1CN2c3c4c(nc5c(F)c(-c6c(O)cccc6F)c(Cl)cc35)O[C@H](CN(C)C)CN4C(=O)[C@H]2CN1. The summed E-state index contributed by atoms with van der Waals surface area (Å²) in [5, 5.41) is 14.0. The zero-order valence-corrected chi connectivity index (χ0v) is 21.3. The van der Waals surface area contributed by atoms with E-state index in [2.05, 4.69) is 10.3 Å². The first-order valence-electron chi connectivity index (χ1n) is 12.1. The van der Waals surface area contributed by atoms with E-state index in [0.29, 0.717) is 42.9 Å². The Balaban J connectivity index is 1.65. The minimum absolute atomic E-state index is 0.0687. The normalized spacial score (nSPS) is 22.8. The minimum atomic E-state index is -0.872. The Morgan fingerprint density at radius 3 is 2.76 bits per heavy atom. The van der Waals surface area contributed by atoms with Crippen LogP contribution < -0.4 is 19.9 Å². The number of carbonyl (C=O) groups is 1. The van der Waals surface area contributed by atoms with Crippen molar-refractivity contribution in [1.29, 1.82) is 0 Å². The summed E-state index contributed by atoms with van der Waals surface area (Å²) in [6, 6.07) is 4.86. The third-order valence-electron chi connectivity index (χ3n) is 7.18. The Labute approximate surface area is 217 Å². The van der Waals surface area contributed by atoms with Crippen LogP contribution in [0.2, 0.25) is 5.02 Å². The van der Waals surface area contributed by atoms with Crippen molar-refractivity contribution in [2.75, 3.05) is 50.1 Å². The van der Waals surface area contributed by atoms with Crippen molar-refractivity contribution in [3.63, 3.8) is 0 Å². The predicted molar refractivity (Wildman–Crippen MR) is 138 cm³/mol. The van der Waals surface area contributed by atoms with Crippen molar-refractivity contribution in [2.24, 2.45) is 0 Å². The van der Waals surface area contributed by atoms with Crippen molar-refractivity contribution in [3.05, 3.63) is 40.9 Å². The third kappa shape index (κ3) is 3.69. The molecule has 3 atom stereocenters. The van der Waals surface area contributed by atoms with Gasteiger partial charge in [0.2, 0.25) is 5.88 Å². The Morgan fingerprint density at radius 2 is 2.03 bits per heavy atom. The molecule has 0 unspecified atom stereocenters. The number of hydrogen-bond donors (Lipinski definition) is 2. The number of pyridine rings is 1. The first-order valence-corrected chi connectivity index (χ1v) is 12.5. The number of hydrogen-bond acceptors (Lipinski definition) is 7. The molecule has 3 aliphatic heterocycles. The summed E-state index contributed by atoms with van der Waals surface area (Å²) < 4.78 is 37.2. The molecular weight excluding hydrogens is 504 g/mol. The van der Waals surface area contributed by atoms with Crippen LogP contribution in [0.5, 0.6) is 11.6 Å². The maximum Gasteiger partial charge on any atom is 0.251 e. The molecule has 1 amide bonds. The number of halogens is 3. The van der Waals surface area contributed by atoms with Gasteiger partial charge in [-0.25, -0.2) is 13.8 Å². The summed E-state index contributed by atoms with van der Waals surface area (Å²) >= 11 is 6.57. The molecule has 1 aromatic heterocycles. The Bertz CT molecular complexity index is 1430. The molecule has 0 saturated carbocycles. The fraction of sp³-hybridized carbons (Fsp3) is 0.385. The van der Waals surface area contributed by atoms with Crippen molar-refractivity contribution in [1.82, 2.24) is 15.2 Å². The summed E-state index contributed by atoms with van der Waals surface area (Å²) in [4.78, 5) is 23.8. The topological polar surface area (TPSA) is 81.2 Å². The van der Waals surface area contributed by atoms with Crippen LogP contribution in [0.4, 0.5) is 20.2 Å². The van der Waals surface area contributed by atoms with Crippen LogP contribution in [0, 0.1) is 11.6 Å². The van der Waals surface area contributed by atoms with Gasteiger partial charge in [0.15, 0.2) is 5.82 Å². The molecule has 0 bridgehead atoms. The monoisotopic (exact) mass is 529 g/mol. The number of carbonyl (C=O) groups excluding carboxylic acids is 1. The Morgan fingerprint density at radius 1 is 1.24 bits per heavy atom. The molecule has 3 aromatic rings. The number of likely N-dealkylation sites (N-methyl/N-ethyl adjacent to an activating group) is 1. The van der Waals surface area contributed by atoms with Gasteiger partial charge >= 0.3 is 0 Å². The van der Waals surface area contributed by atoms with Crippen molar-refractivity contribution < 1.29 is 23.4 Å². The first-order chi connectivity index (χ1) is 17.7. The molecule has 2 aromatic carbocycles. The number of phenols is 1. The highest BCUT2D eigenvalue weighted by Crippen LogP contribution is 2.51. The van der Waals surface area contributed by atoms with Crippen LogP contribution in [0.1, 0.15) is 6.92 Å². The predicted octanol–water partition coefficient (Wildman–Crippen LogP) is 3.37. The van der Waals surface area contributed by atoms with E-state index in [1.807, 2.05) is 30.8 Å². The van der Waals surface area contributed by atoms with E-state index in [-0.39, 0.29) is 45.6 Å².